The molecule has 1 aliphatic heterocycles. The normalized spacial score (nSPS) is 16.2. The van der Waals surface area contributed by atoms with Crippen LogP contribution in [-0.4, -0.2) is 38.2 Å². The summed E-state index contributed by atoms with van der Waals surface area (Å²) in [5.41, 5.74) is 6.84. The zero-order valence-corrected chi connectivity index (χ0v) is 21.5. The molecule has 7 rings (SSSR count). The lowest BCUT2D eigenvalue weighted by Gasteiger charge is -2.32. The van der Waals surface area contributed by atoms with Gasteiger partial charge in [0.2, 0.25) is 5.95 Å². The standard InChI is InChI=1S/C29H26N6OS/c1-18-6-3-4-7-23(18)35-27(36)21-15-30-28(32-25(21)26(33-35)24-8-5-13-37-24)31-20-9-10-22-19(14-20)16-34(2)17-29(22)11-12-29/h3-10,13-15H,11-12,16-17H2,1-2H3,(H,30,31,32). The number of aryl methyl sites for hydroxylation is 1. The van der Waals surface area contributed by atoms with Crippen molar-refractivity contribution in [2.24, 2.45) is 0 Å². The molecule has 0 bridgehead atoms. The predicted molar refractivity (Wildman–Crippen MR) is 148 cm³/mol. The van der Waals surface area contributed by atoms with E-state index in [1.807, 2.05) is 48.7 Å². The number of rotatable bonds is 4. The van der Waals surface area contributed by atoms with Gasteiger partial charge in [-0.1, -0.05) is 30.3 Å². The van der Waals surface area contributed by atoms with Crippen LogP contribution in [0.4, 0.5) is 11.6 Å². The van der Waals surface area contributed by atoms with Crippen molar-refractivity contribution in [1.82, 2.24) is 24.6 Å². The third-order valence-electron chi connectivity index (χ3n) is 7.53. The number of nitrogens with zero attached hydrogens (tertiary/aromatic N) is 5. The van der Waals surface area contributed by atoms with Crippen molar-refractivity contribution in [3.05, 3.63) is 93.2 Å². The average molecular weight is 507 g/mol. The molecule has 5 aromatic rings. The molecule has 0 amide bonds. The van der Waals surface area contributed by atoms with E-state index in [9.17, 15) is 4.79 Å². The van der Waals surface area contributed by atoms with Crippen LogP contribution in [-0.2, 0) is 12.0 Å². The molecule has 1 N–H and O–H groups in total. The van der Waals surface area contributed by atoms with E-state index in [-0.39, 0.29) is 5.56 Å². The lowest BCUT2D eigenvalue weighted by molar-refractivity contribution is 0.271. The molecule has 37 heavy (non-hydrogen) atoms. The smallest absolute Gasteiger partial charge is 0.282 e. The minimum atomic E-state index is -0.234. The van der Waals surface area contributed by atoms with Crippen LogP contribution in [0.5, 0.6) is 0 Å². The van der Waals surface area contributed by atoms with Crippen molar-refractivity contribution >= 4 is 33.9 Å². The van der Waals surface area contributed by atoms with E-state index < -0.39 is 0 Å². The van der Waals surface area contributed by atoms with Gasteiger partial charge in [-0.2, -0.15) is 9.78 Å². The zero-order chi connectivity index (χ0) is 25.1. The maximum Gasteiger partial charge on any atom is 0.282 e. The third-order valence-corrected chi connectivity index (χ3v) is 8.41. The molecule has 0 saturated heterocycles. The zero-order valence-electron chi connectivity index (χ0n) is 20.7. The Balaban J connectivity index is 1.33. The number of aromatic nitrogens is 4. The summed E-state index contributed by atoms with van der Waals surface area (Å²) in [6, 6.07) is 18.3. The molecule has 0 atom stereocenters. The molecule has 7 nitrogen and oxygen atoms in total. The van der Waals surface area contributed by atoms with Gasteiger partial charge in [0, 0.05) is 30.4 Å². The Hall–Kier alpha value is -3.88. The second kappa shape index (κ2) is 8.33. The van der Waals surface area contributed by atoms with Gasteiger partial charge in [0.15, 0.2) is 0 Å². The summed E-state index contributed by atoms with van der Waals surface area (Å²) in [5.74, 6) is 0.449. The first-order valence-corrected chi connectivity index (χ1v) is 13.4. The quantitative estimate of drug-likeness (QED) is 0.350. The van der Waals surface area contributed by atoms with Crippen molar-refractivity contribution in [3.63, 3.8) is 0 Å². The van der Waals surface area contributed by atoms with Gasteiger partial charge in [-0.15, -0.1) is 11.3 Å². The van der Waals surface area contributed by atoms with Crippen molar-refractivity contribution in [3.8, 4) is 16.3 Å². The second-order valence-corrected chi connectivity index (χ2v) is 11.2. The average Bonchev–Trinajstić information content (AvgIpc) is 3.42. The Morgan fingerprint density at radius 3 is 2.73 bits per heavy atom. The molecule has 4 heterocycles. The topological polar surface area (TPSA) is 75.9 Å². The molecule has 0 unspecified atom stereocenters. The van der Waals surface area contributed by atoms with Crippen LogP contribution in [0, 0.1) is 6.92 Å². The minimum absolute atomic E-state index is 0.234. The largest absolute Gasteiger partial charge is 0.324 e. The molecule has 2 aromatic carbocycles. The monoisotopic (exact) mass is 506 g/mol. The molecular formula is C29H26N6OS. The van der Waals surface area contributed by atoms with Gasteiger partial charge in [-0.3, -0.25) is 4.79 Å². The SMILES string of the molecule is Cc1ccccc1-n1nc(-c2cccs2)c2nc(Nc3ccc4c(c3)CN(C)CC43CC3)ncc2c1=O. The highest BCUT2D eigenvalue weighted by molar-refractivity contribution is 7.13. The fraction of sp³-hybridized carbons (Fsp3) is 0.241. The third kappa shape index (κ3) is 3.75. The van der Waals surface area contributed by atoms with Crippen LogP contribution in [0.25, 0.3) is 27.2 Å². The van der Waals surface area contributed by atoms with Gasteiger partial charge in [-0.25, -0.2) is 9.97 Å². The van der Waals surface area contributed by atoms with Crippen LogP contribution >= 0.6 is 11.3 Å². The van der Waals surface area contributed by atoms with Crippen molar-refractivity contribution < 1.29 is 0 Å². The molecule has 0 radical (unpaired) electrons. The molecule has 1 saturated carbocycles. The van der Waals surface area contributed by atoms with Crippen LogP contribution in [0.3, 0.4) is 0 Å². The van der Waals surface area contributed by atoms with E-state index >= 15 is 0 Å². The Kier molecular flexibility index (Phi) is 5.02. The van der Waals surface area contributed by atoms with Gasteiger partial charge in [0.05, 0.1) is 16.0 Å². The number of likely N-dealkylation sites (N-methyl/N-ethyl adjacent to an activating group) is 1. The van der Waals surface area contributed by atoms with Crippen molar-refractivity contribution in [2.45, 2.75) is 31.7 Å². The summed E-state index contributed by atoms with van der Waals surface area (Å²) in [6.07, 6.45) is 4.15. The summed E-state index contributed by atoms with van der Waals surface area (Å²) >= 11 is 1.57. The fourth-order valence-corrected chi connectivity index (χ4v) is 6.32. The molecule has 8 heteroatoms. The number of fused-ring (bicyclic) bond motifs is 3. The van der Waals surface area contributed by atoms with E-state index in [0.717, 1.165) is 34.9 Å². The van der Waals surface area contributed by atoms with E-state index in [1.165, 1.54) is 28.7 Å². The molecular weight excluding hydrogens is 480 g/mol. The van der Waals surface area contributed by atoms with Crippen molar-refractivity contribution in [2.75, 3.05) is 18.9 Å². The molecule has 184 valence electrons. The van der Waals surface area contributed by atoms with Crippen LogP contribution < -0.4 is 10.9 Å². The number of hydrogen-bond acceptors (Lipinski definition) is 7. The lowest BCUT2D eigenvalue weighted by atomic mass is 9.87. The van der Waals surface area contributed by atoms with E-state index in [1.54, 1.807) is 17.5 Å². The maximum absolute atomic E-state index is 13.5. The summed E-state index contributed by atoms with van der Waals surface area (Å²) < 4.78 is 1.47. The number of hydrogen-bond donors (Lipinski definition) is 1. The first kappa shape index (κ1) is 22.3. The molecule has 1 fully saturated rings. The molecule has 1 aliphatic carbocycles. The van der Waals surface area contributed by atoms with Gasteiger partial charge in [-0.05, 0) is 73.1 Å². The Morgan fingerprint density at radius 2 is 1.95 bits per heavy atom. The summed E-state index contributed by atoms with van der Waals surface area (Å²) in [4.78, 5) is 26.2. The van der Waals surface area contributed by atoms with E-state index in [0.29, 0.717) is 28.0 Å². The summed E-state index contributed by atoms with van der Waals surface area (Å²) in [6.45, 7) is 4.05. The van der Waals surface area contributed by atoms with Crippen molar-refractivity contribution in [1.29, 1.82) is 0 Å². The highest BCUT2D eigenvalue weighted by atomic mass is 32.1. The van der Waals surface area contributed by atoms with Crippen LogP contribution in [0.1, 0.15) is 29.5 Å². The van der Waals surface area contributed by atoms with Crippen LogP contribution in [0.15, 0.2) is 71.0 Å². The van der Waals surface area contributed by atoms with Gasteiger partial charge >= 0.3 is 0 Å². The molecule has 1 spiro atoms. The second-order valence-electron chi connectivity index (χ2n) is 10.2. The summed E-state index contributed by atoms with van der Waals surface area (Å²) in [5, 5.41) is 10.6. The Morgan fingerprint density at radius 1 is 1.08 bits per heavy atom. The van der Waals surface area contributed by atoms with Gasteiger partial charge < -0.3 is 10.2 Å². The predicted octanol–water partition coefficient (Wildman–Crippen LogP) is 5.43. The Bertz CT molecular complexity index is 1720. The number of nitrogens with one attached hydrogen (secondary N) is 1. The molecule has 3 aromatic heterocycles. The molecule has 2 aliphatic rings. The number of para-hydroxylation sites is 1. The lowest BCUT2D eigenvalue weighted by Crippen LogP contribution is -2.35. The summed E-state index contributed by atoms with van der Waals surface area (Å²) in [7, 11) is 2.19. The highest BCUT2D eigenvalue weighted by Crippen LogP contribution is 2.52. The van der Waals surface area contributed by atoms with E-state index in [2.05, 4.69) is 40.4 Å². The van der Waals surface area contributed by atoms with Gasteiger partial charge in [0.1, 0.15) is 11.2 Å². The fourth-order valence-electron chi connectivity index (χ4n) is 5.61. The highest BCUT2D eigenvalue weighted by Gasteiger charge is 2.48. The number of benzene rings is 2. The maximum atomic E-state index is 13.5. The van der Waals surface area contributed by atoms with E-state index in [4.69, 9.17) is 10.1 Å². The Labute approximate surface area is 218 Å². The number of anilines is 2. The van der Waals surface area contributed by atoms with Crippen LogP contribution in [0.2, 0.25) is 0 Å². The van der Waals surface area contributed by atoms with Gasteiger partial charge in [0.25, 0.3) is 5.56 Å². The first-order valence-electron chi connectivity index (χ1n) is 12.5. The first-order chi connectivity index (χ1) is 18.0. The minimum Gasteiger partial charge on any atom is -0.324 e. The number of thiophene rings is 1.